The molecular formula is C10H13FS. The average Bonchev–Trinajstić information content (AvgIpc) is 2.84. The van der Waals surface area contributed by atoms with Crippen molar-refractivity contribution >= 4 is 11.8 Å². The van der Waals surface area contributed by atoms with Gasteiger partial charge in [-0.15, -0.1) is 0 Å². The molecule has 0 saturated heterocycles. The Morgan fingerprint density at radius 2 is 2.33 bits per heavy atom. The van der Waals surface area contributed by atoms with Gasteiger partial charge >= 0.3 is 0 Å². The van der Waals surface area contributed by atoms with E-state index in [0.29, 0.717) is 6.42 Å². The summed E-state index contributed by atoms with van der Waals surface area (Å²) in [5.74, 6) is 1.07. The molecule has 0 spiro atoms. The largest absolute Gasteiger partial charge is 0.212 e. The van der Waals surface area contributed by atoms with Crippen LogP contribution in [0.5, 0.6) is 0 Å². The van der Waals surface area contributed by atoms with Crippen molar-refractivity contribution in [3.63, 3.8) is 0 Å². The Bertz CT molecular complexity index is 226. The normalized spacial score (nSPS) is 23.4. The minimum absolute atomic E-state index is 0.0592. The Hall–Kier alpha value is -0.240. The highest BCUT2D eigenvalue weighted by Gasteiger charge is 2.21. The second-order valence-corrected chi connectivity index (χ2v) is 4.71. The zero-order chi connectivity index (χ0) is 8.39. The van der Waals surface area contributed by atoms with Crippen LogP contribution < -0.4 is 0 Å². The molecule has 2 heteroatoms. The summed E-state index contributed by atoms with van der Waals surface area (Å²) in [6, 6.07) is 0. The number of halogens is 1. The van der Waals surface area contributed by atoms with E-state index in [9.17, 15) is 4.39 Å². The van der Waals surface area contributed by atoms with Gasteiger partial charge in [0.15, 0.2) is 0 Å². The summed E-state index contributed by atoms with van der Waals surface area (Å²) in [5, 5.41) is 0.879. The molecule has 2 aliphatic carbocycles. The summed E-state index contributed by atoms with van der Waals surface area (Å²) in [7, 11) is 0. The van der Waals surface area contributed by atoms with Gasteiger partial charge in [-0.1, -0.05) is 6.08 Å². The molecule has 1 saturated carbocycles. The fourth-order valence-corrected chi connectivity index (χ4v) is 2.38. The van der Waals surface area contributed by atoms with E-state index >= 15 is 0 Å². The molecule has 0 unspecified atom stereocenters. The quantitative estimate of drug-likeness (QED) is 0.647. The Morgan fingerprint density at radius 1 is 1.50 bits per heavy atom. The maximum Gasteiger partial charge on any atom is 0.101 e. The zero-order valence-electron chi connectivity index (χ0n) is 7.05. The maximum atomic E-state index is 12.8. The van der Waals surface area contributed by atoms with Crippen molar-refractivity contribution in [3.8, 4) is 0 Å². The summed E-state index contributed by atoms with van der Waals surface area (Å²) < 4.78 is 12.8. The minimum Gasteiger partial charge on any atom is -0.212 e. The van der Waals surface area contributed by atoms with Gasteiger partial charge in [0.25, 0.3) is 0 Å². The lowest BCUT2D eigenvalue weighted by atomic mass is 10.1. The van der Waals surface area contributed by atoms with Crippen LogP contribution in [0.3, 0.4) is 0 Å². The van der Waals surface area contributed by atoms with E-state index in [-0.39, 0.29) is 5.83 Å². The molecule has 2 aliphatic rings. The predicted octanol–water partition coefficient (Wildman–Crippen LogP) is 3.46. The highest BCUT2D eigenvalue weighted by atomic mass is 32.2. The van der Waals surface area contributed by atoms with Crippen LogP contribution in [0.4, 0.5) is 4.39 Å². The van der Waals surface area contributed by atoms with Crippen LogP contribution in [-0.4, -0.2) is 11.0 Å². The van der Waals surface area contributed by atoms with E-state index in [1.807, 2.05) is 11.8 Å². The summed E-state index contributed by atoms with van der Waals surface area (Å²) in [5.41, 5.74) is 1.19. The van der Waals surface area contributed by atoms with Gasteiger partial charge in [0.1, 0.15) is 5.83 Å². The van der Waals surface area contributed by atoms with Crippen LogP contribution in [0.25, 0.3) is 0 Å². The Morgan fingerprint density at radius 3 is 3.00 bits per heavy atom. The summed E-state index contributed by atoms with van der Waals surface area (Å²) in [6.07, 6.45) is 8.10. The monoisotopic (exact) mass is 184 g/mol. The maximum absolute atomic E-state index is 12.8. The van der Waals surface area contributed by atoms with Crippen LogP contribution in [0, 0.1) is 0 Å². The first kappa shape index (κ1) is 8.36. The van der Waals surface area contributed by atoms with Crippen molar-refractivity contribution in [1.29, 1.82) is 0 Å². The van der Waals surface area contributed by atoms with Crippen molar-refractivity contribution in [2.24, 2.45) is 0 Å². The van der Waals surface area contributed by atoms with Crippen molar-refractivity contribution < 1.29 is 4.39 Å². The summed E-state index contributed by atoms with van der Waals surface area (Å²) in [6.45, 7) is 0. The van der Waals surface area contributed by atoms with Crippen LogP contribution >= 0.6 is 11.8 Å². The second-order valence-electron chi connectivity index (χ2n) is 3.42. The highest BCUT2D eigenvalue weighted by molar-refractivity contribution is 8.00. The average molecular weight is 184 g/mol. The Balaban J connectivity index is 1.81. The molecule has 66 valence electrons. The SMILES string of the molecule is FC1=CC(CSC2CC2)=CCC1. The molecular weight excluding hydrogens is 171 g/mol. The smallest absolute Gasteiger partial charge is 0.101 e. The highest BCUT2D eigenvalue weighted by Crippen LogP contribution is 2.35. The van der Waals surface area contributed by atoms with E-state index in [2.05, 4.69) is 6.08 Å². The van der Waals surface area contributed by atoms with Crippen molar-refractivity contribution in [1.82, 2.24) is 0 Å². The molecule has 0 heterocycles. The number of hydrogen-bond acceptors (Lipinski definition) is 1. The predicted molar refractivity (Wildman–Crippen MR) is 52.0 cm³/mol. The van der Waals surface area contributed by atoms with Crippen LogP contribution in [0.2, 0.25) is 0 Å². The molecule has 0 nitrogen and oxygen atoms in total. The van der Waals surface area contributed by atoms with Gasteiger partial charge in [-0.05, 0) is 30.9 Å². The van der Waals surface area contributed by atoms with Gasteiger partial charge in [0, 0.05) is 17.4 Å². The lowest BCUT2D eigenvalue weighted by molar-refractivity contribution is 0.585. The first-order chi connectivity index (χ1) is 5.84. The fourth-order valence-electron chi connectivity index (χ4n) is 1.28. The minimum atomic E-state index is 0.0592. The molecule has 0 aromatic carbocycles. The van der Waals surface area contributed by atoms with Crippen LogP contribution in [0.15, 0.2) is 23.6 Å². The van der Waals surface area contributed by atoms with Crippen molar-refractivity contribution in [3.05, 3.63) is 23.6 Å². The first-order valence-corrected chi connectivity index (χ1v) is 5.56. The lowest BCUT2D eigenvalue weighted by Gasteiger charge is -2.07. The van der Waals surface area contributed by atoms with E-state index in [1.54, 1.807) is 6.08 Å². The molecule has 0 aliphatic heterocycles. The zero-order valence-corrected chi connectivity index (χ0v) is 7.87. The number of hydrogen-bond donors (Lipinski definition) is 0. The molecule has 0 radical (unpaired) electrons. The van der Waals surface area contributed by atoms with Gasteiger partial charge in [0.2, 0.25) is 0 Å². The molecule has 0 aromatic heterocycles. The third-order valence-electron chi connectivity index (χ3n) is 2.14. The Labute approximate surface area is 76.9 Å². The van der Waals surface area contributed by atoms with E-state index in [0.717, 1.165) is 17.4 Å². The molecule has 12 heavy (non-hydrogen) atoms. The lowest BCUT2D eigenvalue weighted by Crippen LogP contribution is -1.92. The number of thioether (sulfide) groups is 1. The molecule has 0 amide bonds. The van der Waals surface area contributed by atoms with E-state index < -0.39 is 0 Å². The van der Waals surface area contributed by atoms with Gasteiger partial charge in [-0.2, -0.15) is 11.8 Å². The van der Waals surface area contributed by atoms with Gasteiger partial charge in [0.05, 0.1) is 0 Å². The molecule has 1 fully saturated rings. The molecule has 0 bridgehead atoms. The summed E-state index contributed by atoms with van der Waals surface area (Å²) >= 11 is 1.97. The third kappa shape index (κ3) is 2.37. The standard InChI is InChI=1S/C10H13FS/c11-9-3-1-2-8(6-9)7-12-10-4-5-10/h2,6,10H,1,3-5,7H2. The number of rotatable bonds is 3. The topological polar surface area (TPSA) is 0 Å². The molecule has 0 N–H and O–H groups in total. The van der Waals surface area contributed by atoms with Crippen molar-refractivity contribution in [2.75, 3.05) is 5.75 Å². The van der Waals surface area contributed by atoms with Crippen molar-refractivity contribution in [2.45, 2.75) is 30.9 Å². The first-order valence-electron chi connectivity index (χ1n) is 4.51. The van der Waals surface area contributed by atoms with E-state index in [1.165, 1.54) is 18.4 Å². The third-order valence-corrected chi connectivity index (χ3v) is 3.58. The van der Waals surface area contributed by atoms with Gasteiger partial charge < -0.3 is 0 Å². The van der Waals surface area contributed by atoms with Gasteiger partial charge in [-0.3, -0.25) is 0 Å². The Kier molecular flexibility index (Phi) is 2.54. The van der Waals surface area contributed by atoms with Gasteiger partial charge in [-0.25, -0.2) is 4.39 Å². The van der Waals surface area contributed by atoms with E-state index in [4.69, 9.17) is 0 Å². The molecule has 0 aromatic rings. The number of allylic oxidation sites excluding steroid dienone is 3. The summed E-state index contributed by atoms with van der Waals surface area (Å²) in [4.78, 5) is 0. The second kappa shape index (κ2) is 3.65. The molecule has 2 rings (SSSR count). The van der Waals surface area contributed by atoms with Crippen LogP contribution in [0.1, 0.15) is 25.7 Å². The van der Waals surface area contributed by atoms with Crippen LogP contribution in [-0.2, 0) is 0 Å². The molecule has 0 atom stereocenters. The fraction of sp³-hybridized carbons (Fsp3) is 0.600.